The third kappa shape index (κ3) is 10.3. The van der Waals surface area contributed by atoms with E-state index in [1.807, 2.05) is 6.07 Å². The van der Waals surface area contributed by atoms with E-state index in [0.717, 1.165) is 5.56 Å². The molecular weight excluding hydrogens is 642 g/mol. The Balaban J connectivity index is 0.000000421. The smallest absolute Gasteiger partial charge is 0.475 e. The van der Waals surface area contributed by atoms with Gasteiger partial charge in [-0.1, -0.05) is 18.2 Å². The van der Waals surface area contributed by atoms with E-state index in [4.69, 9.17) is 36.7 Å². The maximum Gasteiger partial charge on any atom is 0.490 e. The molecule has 0 unspecified atom stereocenters. The van der Waals surface area contributed by atoms with Crippen molar-refractivity contribution in [1.82, 2.24) is 14.6 Å². The van der Waals surface area contributed by atoms with Crippen LogP contribution in [0.5, 0.6) is 0 Å². The summed E-state index contributed by atoms with van der Waals surface area (Å²) in [5.41, 5.74) is 12.7. The zero-order valence-corrected chi connectivity index (χ0v) is 23.4. The molecule has 2 heterocycles. The lowest BCUT2D eigenvalue weighted by atomic mass is 10.1. The molecule has 1 aliphatic rings. The Morgan fingerprint density at radius 1 is 1.02 bits per heavy atom. The number of likely N-dealkylation sites (tertiary alicyclic amines) is 1. The van der Waals surface area contributed by atoms with E-state index in [9.17, 15) is 39.6 Å². The number of fused-ring (bicyclic) bond motifs is 1. The minimum absolute atomic E-state index is 0.0480. The number of carboxylic acid groups (broad SMARTS) is 2. The van der Waals surface area contributed by atoms with E-state index in [2.05, 4.69) is 9.71 Å². The van der Waals surface area contributed by atoms with Crippen molar-refractivity contribution in [2.75, 3.05) is 12.3 Å². The Morgan fingerprint density at radius 2 is 1.60 bits per heavy atom. The van der Waals surface area contributed by atoms with E-state index in [-0.39, 0.29) is 16.6 Å². The first-order valence-corrected chi connectivity index (χ1v) is 13.6. The monoisotopic (exact) mass is 666 g/mol. The average Bonchev–Trinajstić information content (AvgIpc) is 3.26. The number of rotatable bonds is 6. The number of carboxylic acids is 2. The van der Waals surface area contributed by atoms with Crippen LogP contribution in [0.4, 0.5) is 32.2 Å². The number of amidine groups is 1. The van der Waals surface area contributed by atoms with Crippen molar-refractivity contribution in [3.05, 3.63) is 65.9 Å². The van der Waals surface area contributed by atoms with Crippen LogP contribution in [0, 0.1) is 5.41 Å². The van der Waals surface area contributed by atoms with Crippen LogP contribution in [0.1, 0.15) is 17.5 Å². The second-order valence-electron chi connectivity index (χ2n) is 9.02. The van der Waals surface area contributed by atoms with E-state index in [1.54, 1.807) is 35.2 Å². The molecule has 1 fully saturated rings. The summed E-state index contributed by atoms with van der Waals surface area (Å²) in [6.45, 7) is 0.747. The van der Waals surface area contributed by atoms with Crippen molar-refractivity contribution in [1.29, 1.82) is 5.41 Å². The molecule has 244 valence electrons. The molecule has 1 amide bonds. The molecule has 1 aromatic heterocycles. The lowest BCUT2D eigenvalue weighted by molar-refractivity contribution is -0.193. The maximum atomic E-state index is 12.9. The van der Waals surface area contributed by atoms with E-state index in [0.29, 0.717) is 41.7 Å². The minimum Gasteiger partial charge on any atom is -0.475 e. The summed E-state index contributed by atoms with van der Waals surface area (Å²) in [5.74, 6) is -5.52. The SMILES string of the molecule is N=C(N)c1cccc(CN2CC[C@H](NS(=O)(=O)c3ccc4c(N)nccc4c3)C2=O)c1.O=C(O)C(F)(F)F.O=C(O)C(F)(F)F. The Kier molecular flexibility index (Phi) is 11.4. The molecule has 3 aromatic rings. The molecular formula is C25H24F6N6O7S. The third-order valence-electron chi connectivity index (χ3n) is 5.77. The molecule has 8 N–H and O–H groups in total. The molecule has 0 bridgehead atoms. The lowest BCUT2D eigenvalue weighted by Gasteiger charge is -2.18. The third-order valence-corrected chi connectivity index (χ3v) is 7.24. The number of alkyl halides is 6. The van der Waals surface area contributed by atoms with Crippen molar-refractivity contribution < 1.29 is 59.4 Å². The number of carbonyl (C=O) groups is 3. The van der Waals surface area contributed by atoms with Gasteiger partial charge < -0.3 is 26.6 Å². The van der Waals surface area contributed by atoms with Gasteiger partial charge in [0, 0.05) is 30.2 Å². The molecule has 1 aliphatic heterocycles. The zero-order valence-electron chi connectivity index (χ0n) is 22.6. The van der Waals surface area contributed by atoms with Crippen LogP contribution in [-0.2, 0) is 31.0 Å². The number of amides is 1. The van der Waals surface area contributed by atoms with Crippen molar-refractivity contribution in [3.8, 4) is 0 Å². The van der Waals surface area contributed by atoms with Crippen LogP contribution >= 0.6 is 0 Å². The number of halogens is 6. The van der Waals surface area contributed by atoms with Gasteiger partial charge in [-0.05, 0) is 47.7 Å². The highest BCUT2D eigenvalue weighted by Crippen LogP contribution is 2.24. The minimum atomic E-state index is -5.08. The van der Waals surface area contributed by atoms with E-state index < -0.39 is 40.4 Å². The second-order valence-corrected chi connectivity index (χ2v) is 10.7. The quantitative estimate of drug-likeness (QED) is 0.128. The highest BCUT2D eigenvalue weighted by atomic mass is 32.2. The van der Waals surface area contributed by atoms with Crippen LogP contribution in [0.3, 0.4) is 0 Å². The van der Waals surface area contributed by atoms with Gasteiger partial charge in [-0.3, -0.25) is 10.2 Å². The fraction of sp³-hybridized carbons (Fsp3) is 0.240. The van der Waals surface area contributed by atoms with Crippen molar-refractivity contribution in [3.63, 3.8) is 0 Å². The number of anilines is 1. The van der Waals surface area contributed by atoms with Crippen molar-refractivity contribution in [2.24, 2.45) is 5.73 Å². The van der Waals surface area contributed by atoms with E-state index in [1.165, 1.54) is 18.3 Å². The van der Waals surface area contributed by atoms with Gasteiger partial charge >= 0.3 is 24.3 Å². The average molecular weight is 667 g/mol. The topological polar surface area (TPSA) is 230 Å². The molecule has 1 atom stereocenters. The number of nitrogens with two attached hydrogens (primary N) is 2. The fourth-order valence-corrected chi connectivity index (χ4v) is 4.92. The maximum absolute atomic E-state index is 12.9. The van der Waals surface area contributed by atoms with Gasteiger partial charge in [-0.25, -0.2) is 23.0 Å². The number of sulfonamides is 1. The van der Waals surface area contributed by atoms with Crippen LogP contribution in [0.25, 0.3) is 10.8 Å². The summed E-state index contributed by atoms with van der Waals surface area (Å²) >= 11 is 0. The Morgan fingerprint density at radius 3 is 2.13 bits per heavy atom. The molecule has 20 heteroatoms. The van der Waals surface area contributed by atoms with Gasteiger partial charge in [0.1, 0.15) is 17.7 Å². The van der Waals surface area contributed by atoms with Crippen molar-refractivity contribution >= 4 is 50.3 Å². The molecule has 4 rings (SSSR count). The number of aromatic nitrogens is 1. The lowest BCUT2D eigenvalue weighted by Crippen LogP contribution is -2.41. The number of nitrogens with one attached hydrogen (secondary N) is 2. The van der Waals surface area contributed by atoms with Crippen LogP contribution in [-0.4, -0.2) is 77.1 Å². The summed E-state index contributed by atoms with van der Waals surface area (Å²) in [4.78, 5) is 36.2. The summed E-state index contributed by atoms with van der Waals surface area (Å²) in [6, 6.07) is 12.5. The summed E-state index contributed by atoms with van der Waals surface area (Å²) in [7, 11) is -3.90. The number of aliphatic carboxylic acids is 2. The first-order chi connectivity index (χ1) is 20.6. The molecule has 0 radical (unpaired) electrons. The van der Waals surface area contributed by atoms with Crippen LogP contribution in [0.15, 0.2) is 59.6 Å². The van der Waals surface area contributed by atoms with Gasteiger partial charge in [0.25, 0.3) is 0 Å². The summed E-state index contributed by atoms with van der Waals surface area (Å²) < 4.78 is 91.8. The number of hydrogen-bond acceptors (Lipinski definition) is 8. The van der Waals surface area contributed by atoms with Gasteiger partial charge in [0.05, 0.1) is 4.90 Å². The zero-order chi connectivity index (χ0) is 34.3. The first-order valence-electron chi connectivity index (χ1n) is 12.1. The highest BCUT2D eigenvalue weighted by molar-refractivity contribution is 7.89. The van der Waals surface area contributed by atoms with Gasteiger partial charge in [0.15, 0.2) is 0 Å². The Hall–Kier alpha value is -4.98. The number of nitrogen functional groups attached to an aromatic ring is 2. The molecule has 13 nitrogen and oxygen atoms in total. The Labute approximate surface area is 250 Å². The summed E-state index contributed by atoms with van der Waals surface area (Å²) in [6.07, 6.45) is -8.28. The van der Waals surface area contributed by atoms with Gasteiger partial charge in [-0.2, -0.15) is 31.1 Å². The van der Waals surface area contributed by atoms with Crippen molar-refractivity contribution in [2.45, 2.75) is 36.3 Å². The Bertz CT molecular complexity index is 1680. The number of pyridine rings is 1. The highest BCUT2D eigenvalue weighted by Gasteiger charge is 2.39. The predicted molar refractivity (Wildman–Crippen MR) is 145 cm³/mol. The predicted octanol–water partition coefficient (Wildman–Crippen LogP) is 2.45. The largest absolute Gasteiger partial charge is 0.490 e. The fourth-order valence-electron chi connectivity index (χ4n) is 3.66. The summed E-state index contributed by atoms with van der Waals surface area (Å²) in [5, 5.41) is 23.1. The number of hydrogen-bond donors (Lipinski definition) is 6. The van der Waals surface area contributed by atoms with Gasteiger partial charge in [-0.15, -0.1) is 0 Å². The number of nitrogens with zero attached hydrogens (tertiary/aromatic N) is 2. The number of benzene rings is 2. The standard InChI is InChI=1S/C21H22N6O3S.2C2HF3O2/c22-19(23)15-3-1-2-13(10-15)12-27-9-7-18(21(27)28)26-31(29,30)16-4-5-17-14(11-16)6-8-25-20(17)24;2*3-2(4,5)1(6)7/h1-6,8,10-11,18,26H,7,9,12H2,(H3,22,23)(H2,24,25);2*(H,6,7)/t18-;;/m0../s1. The van der Waals surface area contributed by atoms with Gasteiger partial charge in [0.2, 0.25) is 15.9 Å². The molecule has 2 aromatic carbocycles. The van der Waals surface area contributed by atoms with Crippen LogP contribution in [0.2, 0.25) is 0 Å². The first kappa shape index (κ1) is 36.2. The number of carbonyl (C=O) groups excluding carboxylic acids is 1. The molecule has 0 spiro atoms. The van der Waals surface area contributed by atoms with E-state index >= 15 is 0 Å². The second kappa shape index (κ2) is 14.2. The molecule has 45 heavy (non-hydrogen) atoms. The molecule has 0 saturated carbocycles. The molecule has 1 saturated heterocycles. The molecule has 0 aliphatic carbocycles. The van der Waals surface area contributed by atoms with Crippen LogP contribution < -0.4 is 16.2 Å². The normalized spacial score (nSPS) is 15.0.